The van der Waals surface area contributed by atoms with Gasteiger partial charge in [0, 0.05) is 23.2 Å². The van der Waals surface area contributed by atoms with Crippen LogP contribution in [0, 0.1) is 12.3 Å². The zero-order valence-electron chi connectivity index (χ0n) is 14.5. The van der Waals surface area contributed by atoms with E-state index in [2.05, 4.69) is 19.2 Å². The van der Waals surface area contributed by atoms with Gasteiger partial charge in [-0.25, -0.2) is 0 Å². The summed E-state index contributed by atoms with van der Waals surface area (Å²) in [5, 5.41) is 13.2. The van der Waals surface area contributed by atoms with Gasteiger partial charge in [0.05, 0.1) is 13.2 Å². The van der Waals surface area contributed by atoms with Crippen LogP contribution < -0.4 is 10.1 Å². The quantitative estimate of drug-likeness (QED) is 0.897. The van der Waals surface area contributed by atoms with Gasteiger partial charge in [0.2, 0.25) is 0 Å². The summed E-state index contributed by atoms with van der Waals surface area (Å²) < 4.78 is 10.9. The molecule has 0 spiro atoms. The Hall–Kier alpha value is -2.27. The predicted octanol–water partition coefficient (Wildman–Crippen LogP) is 3.85. The van der Waals surface area contributed by atoms with Crippen LogP contribution in [0.15, 0.2) is 28.7 Å². The van der Waals surface area contributed by atoms with Crippen molar-refractivity contribution < 1.29 is 19.1 Å². The highest BCUT2D eigenvalue weighted by Crippen LogP contribution is 2.44. The summed E-state index contributed by atoms with van der Waals surface area (Å²) in [6, 6.07) is 7.10. The number of hydrogen-bond acceptors (Lipinski definition) is 4. The number of aliphatic hydroxyl groups excluding tert-OH is 1. The Bertz CT molecular complexity index is 758. The molecule has 0 fully saturated rings. The van der Waals surface area contributed by atoms with E-state index in [1.165, 1.54) is 0 Å². The molecule has 1 aliphatic rings. The molecule has 1 amide bonds. The summed E-state index contributed by atoms with van der Waals surface area (Å²) in [7, 11) is 1.59. The van der Waals surface area contributed by atoms with Crippen LogP contribution in [0.25, 0.3) is 0 Å². The molecule has 0 aliphatic heterocycles. The van der Waals surface area contributed by atoms with Gasteiger partial charge in [0.1, 0.15) is 11.5 Å². The third-order valence-corrected chi connectivity index (χ3v) is 4.54. The average molecular weight is 329 g/mol. The highest BCUT2D eigenvalue weighted by molar-refractivity contribution is 6.03. The molecule has 0 saturated carbocycles. The molecule has 1 aromatic heterocycles. The number of fused-ring (bicyclic) bond motifs is 1. The average Bonchev–Trinajstić information content (AvgIpc) is 2.83. The van der Waals surface area contributed by atoms with Crippen molar-refractivity contribution in [2.45, 2.75) is 39.7 Å². The van der Waals surface area contributed by atoms with E-state index in [0.717, 1.165) is 29.1 Å². The standard InChI is InChI=1S/C19H23NO4/c1-11-16-14(21)9-19(2,3)10-15(16)24-17(11)18(22)20-12-5-7-13(23-4)8-6-12/h5-8,14,21H,9-10H2,1-4H3,(H,20,22). The topological polar surface area (TPSA) is 71.7 Å². The lowest BCUT2D eigenvalue weighted by Gasteiger charge is -2.31. The number of amides is 1. The highest BCUT2D eigenvalue weighted by atomic mass is 16.5. The second-order valence-corrected chi connectivity index (χ2v) is 7.14. The smallest absolute Gasteiger partial charge is 0.291 e. The van der Waals surface area contributed by atoms with Crippen LogP contribution in [0.5, 0.6) is 5.75 Å². The zero-order chi connectivity index (χ0) is 17.5. The molecule has 1 heterocycles. The van der Waals surface area contributed by atoms with Crippen molar-refractivity contribution in [3.05, 3.63) is 46.9 Å². The van der Waals surface area contributed by atoms with Crippen LogP contribution >= 0.6 is 0 Å². The molecule has 0 saturated heterocycles. The number of carbonyl (C=O) groups is 1. The first-order valence-corrected chi connectivity index (χ1v) is 8.06. The Morgan fingerprint density at radius 3 is 2.62 bits per heavy atom. The Labute approximate surface area is 141 Å². The number of carbonyl (C=O) groups excluding carboxylic acids is 1. The van der Waals surface area contributed by atoms with Crippen molar-refractivity contribution in [2.75, 3.05) is 12.4 Å². The van der Waals surface area contributed by atoms with E-state index < -0.39 is 6.10 Å². The van der Waals surface area contributed by atoms with Gasteiger partial charge in [-0.15, -0.1) is 0 Å². The predicted molar refractivity (Wildman–Crippen MR) is 91.5 cm³/mol. The fraction of sp³-hybridized carbons (Fsp3) is 0.421. The Kier molecular flexibility index (Phi) is 4.13. The van der Waals surface area contributed by atoms with Crippen LogP contribution in [-0.4, -0.2) is 18.1 Å². The number of ether oxygens (including phenoxy) is 1. The fourth-order valence-electron chi connectivity index (χ4n) is 3.36. The number of aliphatic hydroxyl groups is 1. The minimum Gasteiger partial charge on any atom is -0.497 e. The summed E-state index contributed by atoms with van der Waals surface area (Å²) in [4.78, 5) is 12.6. The highest BCUT2D eigenvalue weighted by Gasteiger charge is 2.37. The van der Waals surface area contributed by atoms with Crippen LogP contribution in [0.3, 0.4) is 0 Å². The SMILES string of the molecule is COc1ccc(NC(=O)c2oc3c(c2C)C(O)CC(C)(C)C3)cc1. The first-order valence-electron chi connectivity index (χ1n) is 8.06. The van der Waals surface area contributed by atoms with Gasteiger partial charge in [0.25, 0.3) is 5.91 Å². The molecule has 1 unspecified atom stereocenters. The van der Waals surface area contributed by atoms with E-state index in [0.29, 0.717) is 12.1 Å². The van der Waals surface area contributed by atoms with Crippen LogP contribution in [0.2, 0.25) is 0 Å². The molecule has 2 N–H and O–H groups in total. The molecule has 1 aliphatic carbocycles. The number of nitrogens with one attached hydrogen (secondary N) is 1. The number of furan rings is 1. The number of rotatable bonds is 3. The molecule has 2 aromatic rings. The van der Waals surface area contributed by atoms with Crippen molar-refractivity contribution in [3.63, 3.8) is 0 Å². The summed E-state index contributed by atoms with van der Waals surface area (Å²) in [5.74, 6) is 1.41. The number of benzene rings is 1. The maximum atomic E-state index is 12.6. The van der Waals surface area contributed by atoms with Gasteiger partial charge in [-0.05, 0) is 43.0 Å². The van der Waals surface area contributed by atoms with Crippen molar-refractivity contribution >= 4 is 11.6 Å². The monoisotopic (exact) mass is 329 g/mol. The molecule has 3 rings (SSSR count). The van der Waals surface area contributed by atoms with E-state index in [9.17, 15) is 9.90 Å². The molecule has 5 heteroatoms. The molecular weight excluding hydrogens is 306 g/mol. The van der Waals surface area contributed by atoms with Gasteiger partial charge in [-0.3, -0.25) is 4.79 Å². The van der Waals surface area contributed by atoms with Gasteiger partial charge in [-0.1, -0.05) is 13.8 Å². The third kappa shape index (κ3) is 3.04. The molecule has 128 valence electrons. The van der Waals surface area contributed by atoms with Crippen molar-refractivity contribution in [1.29, 1.82) is 0 Å². The first-order chi connectivity index (χ1) is 11.3. The Morgan fingerprint density at radius 1 is 1.33 bits per heavy atom. The minimum atomic E-state index is -0.588. The van der Waals surface area contributed by atoms with Crippen molar-refractivity contribution in [1.82, 2.24) is 0 Å². The van der Waals surface area contributed by atoms with Gasteiger partial charge in [-0.2, -0.15) is 0 Å². The van der Waals surface area contributed by atoms with E-state index in [-0.39, 0.29) is 17.1 Å². The summed E-state index contributed by atoms with van der Waals surface area (Å²) in [6.45, 7) is 6.01. The molecule has 0 bridgehead atoms. The summed E-state index contributed by atoms with van der Waals surface area (Å²) >= 11 is 0. The molecule has 1 aromatic carbocycles. The van der Waals surface area contributed by atoms with E-state index in [1.54, 1.807) is 31.4 Å². The lowest BCUT2D eigenvalue weighted by atomic mass is 9.75. The Morgan fingerprint density at radius 2 is 2.00 bits per heavy atom. The number of methoxy groups -OCH3 is 1. The molecule has 24 heavy (non-hydrogen) atoms. The fourth-order valence-corrected chi connectivity index (χ4v) is 3.36. The Balaban J connectivity index is 1.86. The normalized spacial score (nSPS) is 18.8. The summed E-state index contributed by atoms with van der Waals surface area (Å²) in [5.41, 5.74) is 2.11. The van der Waals surface area contributed by atoms with Gasteiger partial charge in [0.15, 0.2) is 5.76 Å². The molecule has 0 radical (unpaired) electrons. The maximum absolute atomic E-state index is 12.6. The van der Waals surface area contributed by atoms with E-state index in [1.807, 2.05) is 6.92 Å². The molecular formula is C19H23NO4. The van der Waals surface area contributed by atoms with Crippen molar-refractivity contribution in [3.8, 4) is 5.75 Å². The lowest BCUT2D eigenvalue weighted by Crippen LogP contribution is -2.24. The zero-order valence-corrected chi connectivity index (χ0v) is 14.5. The summed E-state index contributed by atoms with van der Waals surface area (Å²) in [6.07, 6.45) is 0.797. The maximum Gasteiger partial charge on any atom is 0.291 e. The van der Waals surface area contributed by atoms with E-state index in [4.69, 9.17) is 9.15 Å². The first kappa shape index (κ1) is 16.6. The second kappa shape index (κ2) is 5.98. The van der Waals surface area contributed by atoms with Crippen LogP contribution in [0.1, 0.15) is 53.8 Å². The van der Waals surface area contributed by atoms with Gasteiger partial charge >= 0.3 is 0 Å². The minimum absolute atomic E-state index is 0.0412. The van der Waals surface area contributed by atoms with Crippen LogP contribution in [0.4, 0.5) is 5.69 Å². The van der Waals surface area contributed by atoms with E-state index >= 15 is 0 Å². The van der Waals surface area contributed by atoms with Crippen LogP contribution in [-0.2, 0) is 6.42 Å². The molecule has 5 nitrogen and oxygen atoms in total. The number of anilines is 1. The lowest BCUT2D eigenvalue weighted by molar-refractivity contribution is 0.0910. The van der Waals surface area contributed by atoms with Gasteiger partial charge < -0.3 is 19.6 Å². The molecule has 1 atom stereocenters. The third-order valence-electron chi connectivity index (χ3n) is 4.54. The largest absolute Gasteiger partial charge is 0.497 e. The second-order valence-electron chi connectivity index (χ2n) is 7.14. The number of hydrogen-bond donors (Lipinski definition) is 2. The van der Waals surface area contributed by atoms with Crippen molar-refractivity contribution in [2.24, 2.45) is 5.41 Å².